The number of benzene rings is 1. The normalized spacial score (nSPS) is 10.3. The van der Waals surface area contributed by atoms with Crippen molar-refractivity contribution in [2.75, 3.05) is 0 Å². The first kappa shape index (κ1) is 14.8. The molecule has 0 bridgehead atoms. The molecule has 0 radical (unpaired) electrons. The number of carbonyl (C=O) groups is 2. The molecule has 1 aromatic heterocycles. The summed E-state index contributed by atoms with van der Waals surface area (Å²) >= 11 is 0. The number of nitrogens with one attached hydrogen (secondary N) is 1. The summed E-state index contributed by atoms with van der Waals surface area (Å²) in [7, 11) is 0. The van der Waals surface area contributed by atoms with Crippen molar-refractivity contribution in [3.63, 3.8) is 0 Å². The Kier molecular flexibility index (Phi) is 4.71. The molecule has 21 heavy (non-hydrogen) atoms. The van der Waals surface area contributed by atoms with E-state index in [0.29, 0.717) is 12.2 Å². The second kappa shape index (κ2) is 6.69. The summed E-state index contributed by atoms with van der Waals surface area (Å²) in [5.41, 5.74) is 1.45. The molecule has 0 aliphatic carbocycles. The zero-order chi connectivity index (χ0) is 15.2. The van der Waals surface area contributed by atoms with E-state index >= 15 is 0 Å². The predicted octanol–water partition coefficient (Wildman–Crippen LogP) is 1.92. The fourth-order valence-corrected chi connectivity index (χ4v) is 2.00. The molecular formula is C15H17N3O3. The Hall–Kier alpha value is -2.63. The first-order valence-corrected chi connectivity index (χ1v) is 6.74. The highest BCUT2D eigenvalue weighted by molar-refractivity contribution is 5.92. The van der Waals surface area contributed by atoms with Crippen molar-refractivity contribution in [1.82, 2.24) is 15.1 Å². The van der Waals surface area contributed by atoms with Gasteiger partial charge in [-0.15, -0.1) is 0 Å². The van der Waals surface area contributed by atoms with E-state index in [-0.39, 0.29) is 18.0 Å². The fourth-order valence-electron chi connectivity index (χ4n) is 2.00. The molecule has 2 rings (SSSR count). The van der Waals surface area contributed by atoms with Crippen molar-refractivity contribution in [1.29, 1.82) is 0 Å². The molecule has 1 aromatic carbocycles. The minimum Gasteiger partial charge on any atom is -0.478 e. The SMILES string of the molecule is CCCn1nccc1C(=O)NCc1cccc(C(=O)O)c1. The zero-order valence-corrected chi connectivity index (χ0v) is 11.7. The number of carboxylic acid groups (broad SMARTS) is 1. The van der Waals surface area contributed by atoms with Gasteiger partial charge in [-0.3, -0.25) is 9.48 Å². The van der Waals surface area contributed by atoms with Crippen LogP contribution >= 0.6 is 0 Å². The van der Waals surface area contributed by atoms with Crippen LogP contribution in [0.3, 0.4) is 0 Å². The number of carbonyl (C=O) groups excluding carboxylic acids is 1. The Balaban J connectivity index is 2.02. The zero-order valence-electron chi connectivity index (χ0n) is 11.7. The maximum atomic E-state index is 12.1. The Morgan fingerprint density at radius 2 is 2.14 bits per heavy atom. The Morgan fingerprint density at radius 3 is 2.86 bits per heavy atom. The summed E-state index contributed by atoms with van der Waals surface area (Å²) < 4.78 is 1.66. The molecule has 0 fully saturated rings. The third-order valence-corrected chi connectivity index (χ3v) is 3.01. The number of carboxylic acids is 1. The van der Waals surface area contributed by atoms with E-state index in [1.165, 1.54) is 6.07 Å². The van der Waals surface area contributed by atoms with Crippen LogP contribution in [-0.4, -0.2) is 26.8 Å². The summed E-state index contributed by atoms with van der Waals surface area (Å²) in [6, 6.07) is 8.16. The standard InChI is InChI=1S/C15H17N3O3/c1-2-8-18-13(6-7-17-18)14(19)16-10-11-4-3-5-12(9-11)15(20)21/h3-7,9H,2,8,10H2,1H3,(H,16,19)(H,20,21). The molecule has 0 saturated carbocycles. The quantitative estimate of drug-likeness (QED) is 0.850. The number of aromatic carboxylic acids is 1. The van der Waals surface area contributed by atoms with Crippen LogP contribution in [-0.2, 0) is 13.1 Å². The summed E-state index contributed by atoms with van der Waals surface area (Å²) in [4.78, 5) is 23.0. The van der Waals surface area contributed by atoms with E-state index in [0.717, 1.165) is 12.0 Å². The smallest absolute Gasteiger partial charge is 0.335 e. The van der Waals surface area contributed by atoms with Gasteiger partial charge < -0.3 is 10.4 Å². The van der Waals surface area contributed by atoms with Gasteiger partial charge in [0.15, 0.2) is 0 Å². The number of aromatic nitrogens is 2. The molecule has 6 nitrogen and oxygen atoms in total. The van der Waals surface area contributed by atoms with E-state index in [1.807, 2.05) is 6.92 Å². The molecule has 0 atom stereocenters. The van der Waals surface area contributed by atoms with Crippen LogP contribution in [0.5, 0.6) is 0 Å². The van der Waals surface area contributed by atoms with Gasteiger partial charge in [0.25, 0.3) is 5.91 Å². The average Bonchev–Trinajstić information content (AvgIpc) is 2.94. The maximum Gasteiger partial charge on any atom is 0.335 e. The predicted molar refractivity (Wildman–Crippen MR) is 77.1 cm³/mol. The molecule has 0 spiro atoms. The minimum absolute atomic E-state index is 0.206. The maximum absolute atomic E-state index is 12.1. The van der Waals surface area contributed by atoms with Crippen molar-refractivity contribution < 1.29 is 14.7 Å². The van der Waals surface area contributed by atoms with E-state index in [9.17, 15) is 9.59 Å². The number of aryl methyl sites for hydroxylation is 1. The fraction of sp³-hybridized carbons (Fsp3) is 0.267. The van der Waals surface area contributed by atoms with Gasteiger partial charge in [-0.2, -0.15) is 5.10 Å². The van der Waals surface area contributed by atoms with Crippen molar-refractivity contribution in [2.45, 2.75) is 26.4 Å². The second-order valence-corrected chi connectivity index (χ2v) is 4.63. The van der Waals surface area contributed by atoms with E-state index in [4.69, 9.17) is 5.11 Å². The minimum atomic E-state index is -0.982. The summed E-state index contributed by atoms with van der Waals surface area (Å²) in [6.07, 6.45) is 2.48. The lowest BCUT2D eigenvalue weighted by atomic mass is 10.1. The van der Waals surface area contributed by atoms with Gasteiger partial charge in [0.05, 0.1) is 5.56 Å². The molecule has 2 aromatic rings. The van der Waals surface area contributed by atoms with Gasteiger partial charge in [0.2, 0.25) is 0 Å². The third kappa shape index (κ3) is 3.68. The Bertz CT molecular complexity index is 649. The van der Waals surface area contributed by atoms with Gasteiger partial charge in [0.1, 0.15) is 5.69 Å². The number of amides is 1. The van der Waals surface area contributed by atoms with Crippen LogP contribution in [0.1, 0.15) is 39.8 Å². The van der Waals surface area contributed by atoms with Gasteiger partial charge in [-0.05, 0) is 30.2 Å². The average molecular weight is 287 g/mol. The van der Waals surface area contributed by atoms with Crippen molar-refractivity contribution >= 4 is 11.9 Å². The lowest BCUT2D eigenvalue weighted by Gasteiger charge is -2.08. The number of hydrogen-bond donors (Lipinski definition) is 2. The molecule has 0 aliphatic heterocycles. The second-order valence-electron chi connectivity index (χ2n) is 4.63. The van der Waals surface area contributed by atoms with Crippen molar-refractivity contribution in [3.8, 4) is 0 Å². The van der Waals surface area contributed by atoms with Gasteiger partial charge in [-0.1, -0.05) is 19.1 Å². The molecule has 2 N–H and O–H groups in total. The highest BCUT2D eigenvalue weighted by atomic mass is 16.4. The Labute approximate surface area is 122 Å². The van der Waals surface area contributed by atoms with E-state index < -0.39 is 5.97 Å². The molecular weight excluding hydrogens is 270 g/mol. The molecule has 0 unspecified atom stereocenters. The summed E-state index contributed by atoms with van der Waals surface area (Å²) in [6.45, 7) is 2.97. The molecule has 110 valence electrons. The van der Waals surface area contributed by atoms with Crippen LogP contribution in [0.25, 0.3) is 0 Å². The van der Waals surface area contributed by atoms with E-state index in [2.05, 4.69) is 10.4 Å². The molecule has 0 saturated heterocycles. The first-order chi connectivity index (χ1) is 10.1. The number of hydrogen-bond acceptors (Lipinski definition) is 3. The van der Waals surface area contributed by atoms with Crippen LogP contribution in [0.4, 0.5) is 0 Å². The topological polar surface area (TPSA) is 84.2 Å². The number of nitrogens with zero attached hydrogens (tertiary/aromatic N) is 2. The van der Waals surface area contributed by atoms with Gasteiger partial charge in [-0.25, -0.2) is 4.79 Å². The summed E-state index contributed by atoms with van der Waals surface area (Å²) in [5, 5.41) is 15.8. The van der Waals surface area contributed by atoms with Crippen molar-refractivity contribution in [2.24, 2.45) is 0 Å². The number of rotatable bonds is 6. The first-order valence-electron chi connectivity index (χ1n) is 6.74. The monoisotopic (exact) mass is 287 g/mol. The van der Waals surface area contributed by atoms with Crippen LogP contribution in [0, 0.1) is 0 Å². The van der Waals surface area contributed by atoms with E-state index in [1.54, 1.807) is 35.1 Å². The van der Waals surface area contributed by atoms with Gasteiger partial charge >= 0.3 is 5.97 Å². The van der Waals surface area contributed by atoms with Crippen LogP contribution < -0.4 is 5.32 Å². The van der Waals surface area contributed by atoms with Crippen molar-refractivity contribution in [3.05, 3.63) is 53.3 Å². The van der Waals surface area contributed by atoms with Gasteiger partial charge in [0, 0.05) is 19.3 Å². The molecule has 6 heteroatoms. The lowest BCUT2D eigenvalue weighted by molar-refractivity contribution is 0.0696. The third-order valence-electron chi connectivity index (χ3n) is 3.01. The Morgan fingerprint density at radius 1 is 1.33 bits per heavy atom. The summed E-state index contributed by atoms with van der Waals surface area (Å²) in [5.74, 6) is -1.20. The highest BCUT2D eigenvalue weighted by Crippen LogP contribution is 2.06. The molecule has 1 heterocycles. The van der Waals surface area contributed by atoms with Crippen LogP contribution in [0.2, 0.25) is 0 Å². The largest absolute Gasteiger partial charge is 0.478 e. The molecule has 0 aliphatic rings. The highest BCUT2D eigenvalue weighted by Gasteiger charge is 2.11. The lowest BCUT2D eigenvalue weighted by Crippen LogP contribution is -2.26. The molecule has 1 amide bonds. The van der Waals surface area contributed by atoms with Crippen LogP contribution in [0.15, 0.2) is 36.5 Å².